The minimum Gasteiger partial charge on any atom is -0.324 e. The average molecular weight is 495 g/mol. The van der Waals surface area contributed by atoms with Gasteiger partial charge >= 0.3 is 6.03 Å². The van der Waals surface area contributed by atoms with Crippen LogP contribution in [0.25, 0.3) is 0 Å². The lowest BCUT2D eigenvalue weighted by molar-refractivity contribution is -0.133. The average Bonchev–Trinajstić information content (AvgIpc) is 2.96. The molecule has 1 heterocycles. The molecule has 1 aliphatic heterocycles. The van der Waals surface area contributed by atoms with Crippen LogP contribution in [0, 0.1) is 25.5 Å². The molecule has 0 aliphatic carbocycles. The van der Waals surface area contributed by atoms with Crippen molar-refractivity contribution in [3.63, 3.8) is 0 Å². The van der Waals surface area contributed by atoms with Gasteiger partial charge in [0.05, 0.1) is 4.90 Å². The van der Waals surface area contributed by atoms with E-state index in [1.165, 1.54) is 33.2 Å². The summed E-state index contributed by atoms with van der Waals surface area (Å²) in [5.41, 5.74) is -0.897. The second-order valence-corrected chi connectivity index (χ2v) is 10.5. The Bertz CT molecular complexity index is 1310. The van der Waals surface area contributed by atoms with Crippen LogP contribution in [0.5, 0.6) is 0 Å². The molecule has 0 bridgehead atoms. The van der Waals surface area contributed by atoms with Gasteiger partial charge in [0.1, 0.15) is 23.7 Å². The number of anilines is 1. The van der Waals surface area contributed by atoms with Crippen LogP contribution in [0.15, 0.2) is 35.2 Å². The summed E-state index contributed by atoms with van der Waals surface area (Å²) in [6.45, 7) is 3.84. The van der Waals surface area contributed by atoms with Crippen molar-refractivity contribution in [2.45, 2.75) is 31.2 Å². The lowest BCUT2D eigenvalue weighted by Crippen LogP contribution is -2.42. The number of urea groups is 1. The molecule has 0 saturated carbocycles. The number of rotatable bonds is 6. The van der Waals surface area contributed by atoms with E-state index in [4.69, 9.17) is 0 Å². The third-order valence-corrected chi connectivity index (χ3v) is 7.53. The zero-order chi connectivity index (χ0) is 25.6. The summed E-state index contributed by atoms with van der Waals surface area (Å²) < 4.78 is 54.0. The van der Waals surface area contributed by atoms with Gasteiger partial charge in [0.2, 0.25) is 15.9 Å². The minimum absolute atomic E-state index is 0.0416. The fourth-order valence-electron chi connectivity index (χ4n) is 3.55. The number of nitrogens with zero attached hydrogens (tertiary/aromatic N) is 2. The van der Waals surface area contributed by atoms with E-state index in [1.807, 2.05) is 0 Å². The van der Waals surface area contributed by atoms with E-state index in [1.54, 1.807) is 13.8 Å². The maximum Gasteiger partial charge on any atom is 0.325 e. The highest BCUT2D eigenvalue weighted by molar-refractivity contribution is 7.89. The molecule has 9 nitrogen and oxygen atoms in total. The Hall–Kier alpha value is -3.38. The van der Waals surface area contributed by atoms with Gasteiger partial charge in [-0.3, -0.25) is 14.5 Å². The quantitative estimate of drug-likeness (QED) is 0.598. The van der Waals surface area contributed by atoms with E-state index in [2.05, 4.69) is 10.6 Å². The number of sulfonamides is 1. The molecule has 2 N–H and O–H groups in total. The van der Waals surface area contributed by atoms with Crippen molar-refractivity contribution in [3.05, 3.63) is 58.7 Å². The number of nitrogens with one attached hydrogen (secondary N) is 2. The molecule has 4 amide bonds. The first kappa shape index (κ1) is 25.2. The number of amides is 4. The second kappa shape index (κ2) is 8.76. The van der Waals surface area contributed by atoms with Gasteiger partial charge in [-0.1, -0.05) is 0 Å². The maximum absolute atomic E-state index is 14.3. The summed E-state index contributed by atoms with van der Waals surface area (Å²) in [6.07, 6.45) is 0. The number of benzene rings is 2. The molecule has 0 radical (unpaired) electrons. The Kier molecular flexibility index (Phi) is 6.51. The molecular formula is C22H24F2N4O5S. The third kappa shape index (κ3) is 4.38. The molecule has 0 aromatic heterocycles. The van der Waals surface area contributed by atoms with Crippen LogP contribution in [0.2, 0.25) is 0 Å². The van der Waals surface area contributed by atoms with E-state index >= 15 is 0 Å². The van der Waals surface area contributed by atoms with Crippen LogP contribution in [0.3, 0.4) is 0 Å². The molecule has 182 valence electrons. The Morgan fingerprint density at radius 3 is 2.41 bits per heavy atom. The largest absolute Gasteiger partial charge is 0.325 e. The van der Waals surface area contributed by atoms with Crippen molar-refractivity contribution in [2.75, 3.05) is 26.0 Å². The van der Waals surface area contributed by atoms with Crippen LogP contribution in [0.4, 0.5) is 19.3 Å². The smallest absolute Gasteiger partial charge is 0.324 e. The normalized spacial score (nSPS) is 18.4. The minimum atomic E-state index is -3.78. The van der Waals surface area contributed by atoms with Gasteiger partial charge < -0.3 is 10.6 Å². The van der Waals surface area contributed by atoms with E-state index < -0.39 is 51.6 Å². The number of carbonyl (C=O) groups excluding carboxylic acids is 3. The number of imide groups is 1. The van der Waals surface area contributed by atoms with Gasteiger partial charge in [0.15, 0.2) is 0 Å². The Balaban J connectivity index is 1.86. The Morgan fingerprint density at radius 1 is 1.15 bits per heavy atom. The van der Waals surface area contributed by atoms with Gasteiger partial charge in [-0.15, -0.1) is 0 Å². The van der Waals surface area contributed by atoms with Crippen molar-refractivity contribution in [1.82, 2.24) is 14.5 Å². The zero-order valence-corrected chi connectivity index (χ0v) is 20.0. The van der Waals surface area contributed by atoms with Gasteiger partial charge in [-0.25, -0.2) is 26.3 Å². The molecule has 1 atom stereocenters. The predicted octanol–water partition coefficient (Wildman–Crippen LogP) is 2.24. The van der Waals surface area contributed by atoms with Crippen molar-refractivity contribution in [3.8, 4) is 0 Å². The van der Waals surface area contributed by atoms with Gasteiger partial charge in [0.25, 0.3) is 5.91 Å². The summed E-state index contributed by atoms with van der Waals surface area (Å²) >= 11 is 0. The van der Waals surface area contributed by atoms with Crippen molar-refractivity contribution in [2.24, 2.45) is 0 Å². The summed E-state index contributed by atoms with van der Waals surface area (Å²) in [4.78, 5) is 38.7. The van der Waals surface area contributed by atoms with Gasteiger partial charge in [-0.2, -0.15) is 0 Å². The number of hydrogen-bond donors (Lipinski definition) is 2. The summed E-state index contributed by atoms with van der Waals surface area (Å²) in [5.74, 6) is -3.41. The molecule has 1 unspecified atom stereocenters. The first-order chi connectivity index (χ1) is 15.7. The standard InChI is InChI=1S/C22H24F2N4O5S/c1-12-8-15(34(32,33)27(4)5)10-18(13(12)2)25-19(29)11-28-20(30)22(3,26-21(28)31)16-9-14(23)6-7-17(16)24/h6-10H,11H2,1-5H3,(H,25,29)(H,26,31). The van der Waals surface area contributed by atoms with Crippen molar-refractivity contribution < 1.29 is 31.6 Å². The molecule has 34 heavy (non-hydrogen) atoms. The van der Waals surface area contributed by atoms with E-state index in [0.29, 0.717) is 16.0 Å². The topological polar surface area (TPSA) is 116 Å². The highest BCUT2D eigenvalue weighted by Gasteiger charge is 2.50. The molecular weight excluding hydrogens is 470 g/mol. The molecule has 1 aliphatic rings. The van der Waals surface area contributed by atoms with Crippen LogP contribution < -0.4 is 10.6 Å². The summed E-state index contributed by atoms with van der Waals surface area (Å²) in [7, 11) is -1.03. The molecule has 2 aromatic rings. The lowest BCUT2D eigenvalue weighted by Gasteiger charge is -2.23. The van der Waals surface area contributed by atoms with Crippen LogP contribution in [0.1, 0.15) is 23.6 Å². The molecule has 3 rings (SSSR count). The van der Waals surface area contributed by atoms with E-state index in [0.717, 1.165) is 22.5 Å². The molecule has 0 spiro atoms. The first-order valence-electron chi connectivity index (χ1n) is 10.1. The Labute approximate surface area is 195 Å². The van der Waals surface area contributed by atoms with Crippen LogP contribution in [-0.4, -0.2) is 56.1 Å². The maximum atomic E-state index is 14.3. The van der Waals surface area contributed by atoms with Crippen LogP contribution in [-0.2, 0) is 25.2 Å². The molecule has 1 saturated heterocycles. The number of aryl methyl sites for hydroxylation is 1. The fraction of sp³-hybridized carbons (Fsp3) is 0.318. The van der Waals surface area contributed by atoms with Crippen molar-refractivity contribution in [1.29, 1.82) is 0 Å². The van der Waals surface area contributed by atoms with Crippen LogP contribution >= 0.6 is 0 Å². The Morgan fingerprint density at radius 2 is 1.79 bits per heavy atom. The van der Waals surface area contributed by atoms with E-state index in [-0.39, 0.29) is 16.1 Å². The summed E-state index contributed by atoms with van der Waals surface area (Å²) in [6, 6.07) is 4.32. The molecule has 2 aromatic carbocycles. The van der Waals surface area contributed by atoms with E-state index in [9.17, 15) is 31.6 Å². The predicted molar refractivity (Wildman–Crippen MR) is 119 cm³/mol. The third-order valence-electron chi connectivity index (χ3n) is 5.74. The first-order valence-corrected chi connectivity index (χ1v) is 11.6. The highest BCUT2D eigenvalue weighted by Crippen LogP contribution is 2.31. The molecule has 12 heteroatoms. The lowest BCUT2D eigenvalue weighted by atomic mass is 9.91. The highest BCUT2D eigenvalue weighted by atomic mass is 32.2. The number of halogens is 2. The fourth-order valence-corrected chi connectivity index (χ4v) is 4.57. The van der Waals surface area contributed by atoms with Gasteiger partial charge in [-0.05, 0) is 62.2 Å². The number of hydrogen-bond acceptors (Lipinski definition) is 5. The number of carbonyl (C=O) groups is 3. The van der Waals surface area contributed by atoms with Gasteiger partial charge in [0, 0.05) is 25.3 Å². The summed E-state index contributed by atoms with van der Waals surface area (Å²) in [5, 5.41) is 4.84. The SMILES string of the molecule is Cc1cc(S(=O)(=O)N(C)C)cc(NC(=O)CN2C(=O)NC(C)(c3cc(F)ccc3F)C2=O)c1C. The van der Waals surface area contributed by atoms with Crippen molar-refractivity contribution >= 4 is 33.6 Å². The monoisotopic (exact) mass is 494 g/mol. The zero-order valence-electron chi connectivity index (χ0n) is 19.2. The molecule has 1 fully saturated rings. The second-order valence-electron chi connectivity index (χ2n) is 8.32.